The van der Waals surface area contributed by atoms with Crippen molar-refractivity contribution in [3.05, 3.63) is 35.9 Å². The van der Waals surface area contributed by atoms with E-state index in [9.17, 15) is 0 Å². The van der Waals surface area contributed by atoms with E-state index in [1.807, 2.05) is 11.8 Å². The molecule has 1 aliphatic rings. The summed E-state index contributed by atoms with van der Waals surface area (Å²) in [7, 11) is 2.18. The number of thioether (sulfide) groups is 1. The Balaban J connectivity index is 1.58. The van der Waals surface area contributed by atoms with Crippen LogP contribution in [-0.4, -0.2) is 42.5 Å². The highest BCUT2D eigenvalue weighted by Gasteiger charge is 2.05. The molecular weight excluding hydrogens is 242 g/mol. The topological polar surface area (TPSA) is 27.6 Å². The quantitative estimate of drug-likeness (QED) is 0.797. The molecule has 1 aliphatic heterocycles. The maximum Gasteiger partial charge on any atom is 0.156 e. The van der Waals surface area contributed by atoms with Crippen LogP contribution in [0.5, 0.6) is 0 Å². The average Bonchev–Trinajstić information content (AvgIpc) is 2.89. The normalized spacial score (nSPS) is 14.9. The van der Waals surface area contributed by atoms with Gasteiger partial charge in [-0.15, -0.1) is 0 Å². The van der Waals surface area contributed by atoms with Crippen LogP contribution in [0.25, 0.3) is 0 Å². The minimum Gasteiger partial charge on any atom is -0.365 e. The third kappa shape index (κ3) is 4.70. The second-order valence-corrected chi connectivity index (χ2v) is 5.62. The van der Waals surface area contributed by atoms with Gasteiger partial charge in [-0.2, -0.15) is 0 Å². The van der Waals surface area contributed by atoms with E-state index in [0.29, 0.717) is 0 Å². The number of hydrogen-bond acceptors (Lipinski definition) is 4. The highest BCUT2D eigenvalue weighted by atomic mass is 32.2. The highest BCUT2D eigenvalue weighted by molar-refractivity contribution is 8.14. The lowest BCUT2D eigenvalue weighted by Crippen LogP contribution is -2.25. The summed E-state index contributed by atoms with van der Waals surface area (Å²) >= 11 is 1.83. The molecule has 1 heterocycles. The molecule has 0 atom stereocenters. The van der Waals surface area contributed by atoms with Crippen molar-refractivity contribution in [3.8, 4) is 0 Å². The first kappa shape index (κ1) is 13.4. The van der Waals surface area contributed by atoms with Gasteiger partial charge in [0.25, 0.3) is 0 Å². The van der Waals surface area contributed by atoms with Crippen molar-refractivity contribution in [2.45, 2.75) is 13.0 Å². The molecule has 0 aromatic heterocycles. The molecule has 18 heavy (non-hydrogen) atoms. The van der Waals surface area contributed by atoms with Gasteiger partial charge in [0.15, 0.2) is 5.17 Å². The molecule has 3 nitrogen and oxygen atoms in total. The number of hydrogen-bond donors (Lipinski definition) is 1. The zero-order valence-electron chi connectivity index (χ0n) is 10.9. The van der Waals surface area contributed by atoms with Gasteiger partial charge in [-0.1, -0.05) is 42.1 Å². The number of benzene rings is 1. The molecule has 1 aromatic rings. The van der Waals surface area contributed by atoms with Crippen molar-refractivity contribution in [2.75, 3.05) is 32.4 Å². The van der Waals surface area contributed by atoms with Crippen LogP contribution in [0, 0.1) is 0 Å². The molecule has 0 saturated carbocycles. The molecule has 1 aromatic carbocycles. The van der Waals surface area contributed by atoms with Crippen LogP contribution >= 0.6 is 11.8 Å². The summed E-state index contributed by atoms with van der Waals surface area (Å²) in [5.41, 5.74) is 1.38. The Morgan fingerprint density at radius 2 is 2.17 bits per heavy atom. The minimum absolute atomic E-state index is 0.973. The molecule has 0 fully saturated rings. The van der Waals surface area contributed by atoms with E-state index in [0.717, 1.165) is 43.5 Å². The zero-order valence-corrected chi connectivity index (χ0v) is 11.7. The van der Waals surface area contributed by atoms with E-state index in [4.69, 9.17) is 0 Å². The van der Waals surface area contributed by atoms with Gasteiger partial charge in [0, 0.05) is 18.8 Å². The monoisotopic (exact) mass is 263 g/mol. The van der Waals surface area contributed by atoms with E-state index in [1.165, 1.54) is 5.56 Å². The summed E-state index contributed by atoms with van der Waals surface area (Å²) in [4.78, 5) is 6.74. The SMILES string of the molecule is CN(CCCNC1=NCCS1)Cc1ccccc1. The van der Waals surface area contributed by atoms with Crippen molar-refractivity contribution < 1.29 is 0 Å². The van der Waals surface area contributed by atoms with Gasteiger partial charge in [0.05, 0.1) is 6.54 Å². The lowest BCUT2D eigenvalue weighted by atomic mass is 10.2. The van der Waals surface area contributed by atoms with E-state index in [2.05, 4.69) is 52.6 Å². The fraction of sp³-hybridized carbons (Fsp3) is 0.500. The minimum atomic E-state index is 0.973. The number of nitrogens with zero attached hydrogens (tertiary/aromatic N) is 2. The Morgan fingerprint density at radius 1 is 1.33 bits per heavy atom. The van der Waals surface area contributed by atoms with Crippen LogP contribution in [0.4, 0.5) is 0 Å². The number of amidine groups is 1. The average molecular weight is 263 g/mol. The van der Waals surface area contributed by atoms with Crippen molar-refractivity contribution in [3.63, 3.8) is 0 Å². The Bertz CT molecular complexity index is 378. The summed E-state index contributed by atoms with van der Waals surface area (Å²) in [6, 6.07) is 10.6. The molecule has 4 heteroatoms. The molecule has 0 unspecified atom stereocenters. The Kier molecular flexibility index (Phi) is 5.55. The van der Waals surface area contributed by atoms with Gasteiger partial charge < -0.3 is 10.2 Å². The summed E-state index contributed by atoms with van der Waals surface area (Å²) in [5, 5.41) is 4.51. The first-order valence-corrected chi connectivity index (χ1v) is 7.47. The molecular formula is C14H21N3S. The molecule has 0 bridgehead atoms. The molecule has 2 rings (SSSR count). The first-order valence-electron chi connectivity index (χ1n) is 6.48. The van der Waals surface area contributed by atoms with Crippen molar-refractivity contribution in [1.29, 1.82) is 0 Å². The maximum absolute atomic E-state index is 4.38. The fourth-order valence-electron chi connectivity index (χ4n) is 1.96. The molecule has 0 aliphatic carbocycles. The Labute approximate surface area is 114 Å². The molecule has 1 N–H and O–H groups in total. The van der Waals surface area contributed by atoms with Crippen molar-refractivity contribution in [1.82, 2.24) is 10.2 Å². The highest BCUT2D eigenvalue weighted by Crippen LogP contribution is 2.08. The molecule has 0 saturated heterocycles. The second-order valence-electron chi connectivity index (χ2n) is 4.54. The molecule has 0 spiro atoms. The standard InChI is InChI=1S/C14H21N3S/c1-17(12-13-6-3-2-4-7-13)10-5-8-15-14-16-9-11-18-14/h2-4,6-7H,5,8-12H2,1H3,(H,15,16). The van der Waals surface area contributed by atoms with E-state index in [-0.39, 0.29) is 0 Å². The number of rotatable bonds is 6. The van der Waals surface area contributed by atoms with Crippen LogP contribution in [0.1, 0.15) is 12.0 Å². The fourth-order valence-corrected chi connectivity index (χ4v) is 2.72. The predicted octanol–water partition coefficient (Wildman–Crippen LogP) is 2.20. The summed E-state index contributed by atoms with van der Waals surface area (Å²) in [5.74, 6) is 1.14. The molecule has 98 valence electrons. The van der Waals surface area contributed by atoms with Gasteiger partial charge in [0.2, 0.25) is 0 Å². The van der Waals surface area contributed by atoms with Crippen molar-refractivity contribution >= 4 is 16.9 Å². The molecule has 0 radical (unpaired) electrons. The summed E-state index contributed by atoms with van der Waals surface area (Å²) in [6.07, 6.45) is 1.16. The lowest BCUT2D eigenvalue weighted by Gasteiger charge is -2.16. The number of nitrogens with one attached hydrogen (secondary N) is 1. The van der Waals surface area contributed by atoms with Crippen LogP contribution in [0.2, 0.25) is 0 Å². The Morgan fingerprint density at radius 3 is 2.89 bits per heavy atom. The smallest absolute Gasteiger partial charge is 0.156 e. The molecule has 0 amide bonds. The van der Waals surface area contributed by atoms with Gasteiger partial charge in [-0.05, 0) is 25.6 Å². The predicted molar refractivity (Wildman–Crippen MR) is 80.2 cm³/mol. The van der Waals surface area contributed by atoms with Gasteiger partial charge >= 0.3 is 0 Å². The van der Waals surface area contributed by atoms with Gasteiger partial charge in [0.1, 0.15) is 0 Å². The van der Waals surface area contributed by atoms with E-state index >= 15 is 0 Å². The van der Waals surface area contributed by atoms with E-state index < -0.39 is 0 Å². The van der Waals surface area contributed by atoms with Gasteiger partial charge in [-0.25, -0.2) is 0 Å². The van der Waals surface area contributed by atoms with Crippen molar-refractivity contribution in [2.24, 2.45) is 4.99 Å². The summed E-state index contributed by atoms with van der Waals surface area (Å²) in [6.45, 7) is 4.13. The van der Waals surface area contributed by atoms with Crippen LogP contribution in [0.3, 0.4) is 0 Å². The van der Waals surface area contributed by atoms with Gasteiger partial charge in [-0.3, -0.25) is 4.99 Å². The lowest BCUT2D eigenvalue weighted by molar-refractivity contribution is 0.322. The zero-order chi connectivity index (χ0) is 12.6. The largest absolute Gasteiger partial charge is 0.365 e. The van der Waals surface area contributed by atoms with Crippen LogP contribution < -0.4 is 5.32 Å². The maximum atomic E-state index is 4.38. The third-order valence-corrected chi connectivity index (χ3v) is 3.81. The Hall–Kier alpha value is -1.00. The third-order valence-electron chi connectivity index (χ3n) is 2.87. The van der Waals surface area contributed by atoms with E-state index in [1.54, 1.807) is 0 Å². The van der Waals surface area contributed by atoms with Crippen LogP contribution in [0.15, 0.2) is 35.3 Å². The first-order chi connectivity index (χ1) is 8.84. The van der Waals surface area contributed by atoms with Crippen LogP contribution in [-0.2, 0) is 6.54 Å². The number of aliphatic imine (C=N–C) groups is 1. The summed E-state index contributed by atoms with van der Waals surface area (Å²) < 4.78 is 0. The second kappa shape index (κ2) is 7.44.